The predicted octanol–water partition coefficient (Wildman–Crippen LogP) is 3.58. The summed E-state index contributed by atoms with van der Waals surface area (Å²) in [5.74, 6) is -4.17. The molecule has 128 valence electrons. The van der Waals surface area contributed by atoms with Crippen molar-refractivity contribution in [3.05, 3.63) is 34.1 Å². The van der Waals surface area contributed by atoms with Crippen LogP contribution in [0.25, 0.3) is 0 Å². The van der Waals surface area contributed by atoms with Crippen molar-refractivity contribution in [2.75, 3.05) is 19.8 Å². The van der Waals surface area contributed by atoms with Crippen LogP contribution in [0.2, 0.25) is 0 Å². The van der Waals surface area contributed by atoms with Gasteiger partial charge in [0.2, 0.25) is 0 Å². The van der Waals surface area contributed by atoms with Gasteiger partial charge in [-0.1, -0.05) is 15.9 Å². The summed E-state index contributed by atoms with van der Waals surface area (Å²) in [5.41, 5.74) is 3.15. The molecule has 1 aliphatic heterocycles. The largest absolute Gasteiger partial charge is 0.465 e. The maximum Gasteiger partial charge on any atom is 0.283 e. The summed E-state index contributed by atoms with van der Waals surface area (Å²) >= 11 is 3.17. The average Bonchev–Trinajstić information content (AvgIpc) is 2.49. The first kappa shape index (κ1) is 18.1. The van der Waals surface area contributed by atoms with E-state index in [9.17, 15) is 13.2 Å². The third-order valence-electron chi connectivity index (χ3n) is 3.74. The molecule has 0 aromatic heterocycles. The van der Waals surface area contributed by atoms with Crippen molar-refractivity contribution in [1.82, 2.24) is 0 Å². The van der Waals surface area contributed by atoms with Crippen LogP contribution in [0.3, 0.4) is 0 Å². The van der Waals surface area contributed by atoms with E-state index < -0.39 is 29.7 Å². The van der Waals surface area contributed by atoms with E-state index in [1.54, 1.807) is 0 Å². The third kappa shape index (κ3) is 3.98. The molecule has 1 unspecified atom stereocenters. The number of alkyl halides is 2. The van der Waals surface area contributed by atoms with Crippen LogP contribution in [-0.4, -0.2) is 31.8 Å². The topological polar surface area (TPSA) is 56.8 Å². The number of hydrogen-bond donors (Lipinski definition) is 1. The Morgan fingerprint density at radius 1 is 1.26 bits per heavy atom. The fourth-order valence-electron chi connectivity index (χ4n) is 2.35. The van der Waals surface area contributed by atoms with E-state index in [1.807, 2.05) is 0 Å². The van der Waals surface area contributed by atoms with Gasteiger partial charge in [0.05, 0.1) is 13.2 Å². The quantitative estimate of drug-likeness (QED) is 0.791. The Balaban J connectivity index is 2.56. The summed E-state index contributed by atoms with van der Waals surface area (Å²) in [6, 6.07) is 3.42. The molecule has 23 heavy (non-hydrogen) atoms. The molecule has 2 rings (SSSR count). The van der Waals surface area contributed by atoms with E-state index >= 15 is 0 Å². The minimum absolute atomic E-state index is 0.159. The maximum absolute atomic E-state index is 14.8. The zero-order valence-corrected chi connectivity index (χ0v) is 14.2. The molecule has 2 N–H and O–H groups in total. The van der Waals surface area contributed by atoms with Gasteiger partial charge < -0.3 is 15.2 Å². The predicted molar refractivity (Wildman–Crippen MR) is 84.0 cm³/mol. The van der Waals surface area contributed by atoms with Gasteiger partial charge in [0.1, 0.15) is 5.82 Å². The molecule has 1 aliphatic rings. The molecule has 0 fully saturated rings. The van der Waals surface area contributed by atoms with Gasteiger partial charge in [-0.3, -0.25) is 0 Å². The average molecular weight is 395 g/mol. The van der Waals surface area contributed by atoms with E-state index in [2.05, 4.69) is 20.9 Å². The second kappa shape index (κ2) is 7.09. The molecule has 1 aromatic rings. The Labute approximate surface area is 141 Å². The van der Waals surface area contributed by atoms with Crippen LogP contribution < -0.4 is 5.73 Å². The molecule has 0 radical (unpaired) electrons. The van der Waals surface area contributed by atoms with E-state index in [1.165, 1.54) is 12.1 Å². The maximum atomic E-state index is 14.8. The molecule has 0 bridgehead atoms. The zero-order valence-electron chi connectivity index (χ0n) is 12.6. The van der Waals surface area contributed by atoms with Crippen molar-refractivity contribution >= 4 is 22.0 Å². The lowest BCUT2D eigenvalue weighted by Crippen LogP contribution is -2.44. The minimum Gasteiger partial charge on any atom is -0.465 e. The fraction of sp³-hybridized carbons (Fsp3) is 0.533. The molecule has 0 saturated heterocycles. The van der Waals surface area contributed by atoms with Crippen LogP contribution >= 0.6 is 15.9 Å². The summed E-state index contributed by atoms with van der Waals surface area (Å²) in [4.78, 5) is 3.84. The van der Waals surface area contributed by atoms with Gasteiger partial charge in [-0.15, -0.1) is 0 Å². The number of nitrogens with two attached hydrogens (primary N) is 1. The van der Waals surface area contributed by atoms with E-state index in [4.69, 9.17) is 15.2 Å². The lowest BCUT2D eigenvalue weighted by atomic mass is 9.84. The Morgan fingerprint density at radius 3 is 2.74 bits per heavy atom. The molecule has 1 atom stereocenters. The van der Waals surface area contributed by atoms with Crippen molar-refractivity contribution in [1.29, 1.82) is 0 Å². The summed E-state index contributed by atoms with van der Waals surface area (Å²) in [6.45, 7) is 1.46. The second-order valence-corrected chi connectivity index (χ2v) is 6.33. The molecule has 8 heteroatoms. The fourth-order valence-corrected chi connectivity index (χ4v) is 2.71. The highest BCUT2D eigenvalue weighted by molar-refractivity contribution is 9.10. The van der Waals surface area contributed by atoms with Crippen molar-refractivity contribution in [3.63, 3.8) is 0 Å². The van der Waals surface area contributed by atoms with Crippen LogP contribution in [0.1, 0.15) is 25.3 Å². The van der Waals surface area contributed by atoms with Crippen LogP contribution in [0.5, 0.6) is 0 Å². The number of amidine groups is 1. The van der Waals surface area contributed by atoms with E-state index in [0.29, 0.717) is 10.9 Å². The number of aliphatic imine (C=N–C) groups is 1. The molecule has 0 spiro atoms. The minimum atomic E-state index is -3.38. The molecular formula is C15H18BrF3N2O2. The van der Waals surface area contributed by atoms with E-state index in [0.717, 1.165) is 13.0 Å². The molecule has 4 nitrogen and oxygen atoms in total. The molecule has 0 amide bonds. The highest BCUT2D eigenvalue weighted by Gasteiger charge is 2.53. The van der Waals surface area contributed by atoms with Gasteiger partial charge in [-0.25, -0.2) is 18.2 Å². The molecule has 0 aliphatic carbocycles. The summed E-state index contributed by atoms with van der Waals surface area (Å²) < 4.78 is 54.7. The number of benzene rings is 1. The smallest absolute Gasteiger partial charge is 0.283 e. The number of ether oxygens (including phenoxy) is 2. The second-order valence-electron chi connectivity index (χ2n) is 5.42. The van der Waals surface area contributed by atoms with Gasteiger partial charge in [0, 0.05) is 29.5 Å². The summed E-state index contributed by atoms with van der Waals surface area (Å²) in [5, 5.41) is 0. The van der Waals surface area contributed by atoms with Crippen molar-refractivity contribution in [3.8, 4) is 0 Å². The molecule has 0 saturated carbocycles. The standard InChI is InChI=1S/C15H18BrF3N2O2/c1-14(11-9-10(16)3-4-12(11)17)15(18,19)5-8-22-6-2-7-23-13(20)21-14/h3-4,9H,2,5-8H2,1H3,(H2,20,21). The first-order valence-corrected chi connectivity index (χ1v) is 7.95. The van der Waals surface area contributed by atoms with Gasteiger partial charge in [0.25, 0.3) is 11.9 Å². The van der Waals surface area contributed by atoms with Gasteiger partial charge in [-0.05, 0) is 25.1 Å². The lowest BCUT2D eigenvalue weighted by Gasteiger charge is -2.34. The summed E-state index contributed by atoms with van der Waals surface area (Å²) in [7, 11) is 0. The number of nitrogens with zero attached hydrogens (tertiary/aromatic N) is 1. The highest BCUT2D eigenvalue weighted by Crippen LogP contribution is 2.45. The van der Waals surface area contributed by atoms with Gasteiger partial charge in [0.15, 0.2) is 5.54 Å². The van der Waals surface area contributed by atoms with Crippen LogP contribution in [0.4, 0.5) is 13.2 Å². The molecule has 1 aromatic carbocycles. The van der Waals surface area contributed by atoms with Crippen molar-refractivity contribution < 1.29 is 22.6 Å². The zero-order chi connectivity index (χ0) is 17.1. The van der Waals surface area contributed by atoms with Crippen molar-refractivity contribution in [2.45, 2.75) is 31.2 Å². The molecule has 1 heterocycles. The van der Waals surface area contributed by atoms with E-state index in [-0.39, 0.29) is 25.4 Å². The Kier molecular flexibility index (Phi) is 5.57. The van der Waals surface area contributed by atoms with Crippen LogP contribution in [0, 0.1) is 5.82 Å². The normalized spacial score (nSPS) is 25.9. The monoisotopic (exact) mass is 394 g/mol. The first-order chi connectivity index (χ1) is 10.8. The van der Waals surface area contributed by atoms with Crippen LogP contribution in [-0.2, 0) is 15.0 Å². The van der Waals surface area contributed by atoms with Gasteiger partial charge in [-0.2, -0.15) is 0 Å². The Morgan fingerprint density at radius 2 is 2.00 bits per heavy atom. The highest BCUT2D eigenvalue weighted by atomic mass is 79.9. The Bertz CT molecular complexity index is 598. The summed E-state index contributed by atoms with van der Waals surface area (Å²) in [6.07, 6.45) is -0.101. The van der Waals surface area contributed by atoms with Crippen LogP contribution in [0.15, 0.2) is 27.7 Å². The SMILES string of the molecule is CC1(c2cc(Br)ccc2F)N=C(N)OCCCOCCC1(F)F. The third-order valence-corrected chi connectivity index (χ3v) is 4.24. The first-order valence-electron chi connectivity index (χ1n) is 7.15. The number of hydrogen-bond acceptors (Lipinski definition) is 4. The van der Waals surface area contributed by atoms with Crippen molar-refractivity contribution in [2.24, 2.45) is 10.7 Å². The Hall–Kier alpha value is -1.28. The van der Waals surface area contributed by atoms with Gasteiger partial charge >= 0.3 is 0 Å². The molecular weight excluding hydrogens is 377 g/mol. The lowest BCUT2D eigenvalue weighted by molar-refractivity contribution is -0.0922. The number of rotatable bonds is 1. The number of halogens is 4.